The van der Waals surface area contributed by atoms with E-state index in [1.807, 2.05) is 12.1 Å². The molecule has 0 aromatic heterocycles. The lowest BCUT2D eigenvalue weighted by atomic mass is 9.12. The third kappa shape index (κ3) is 20.4. The molecule has 0 fully saturated rings. The molecule has 0 aliphatic rings. The van der Waals surface area contributed by atoms with Crippen molar-refractivity contribution in [1.82, 2.24) is 0 Å². The van der Waals surface area contributed by atoms with E-state index in [2.05, 4.69) is 13.8 Å². The number of phenolic OH excluding ortho intramolecular Hbond substituents is 1. The zero-order valence-corrected chi connectivity index (χ0v) is 50.1. The molecule has 2 N–H and O–H groups in total. The SMILES string of the molecule is CCCCCCCCCCCCCCCCCC[NH+](CCCCCCCCCCCCCCCCCC)c1ccc([N+](=O)[O-])cc1.Oc1ccccc1[B-](c1c(F)c(F)c(F)c(F)c1F)(c1c(F)c(F)c(F)c(F)c1F)c1c(F)c(F)c(F)c(F)c1F. The second-order valence-electron chi connectivity index (χ2n) is 22.9. The fourth-order valence-corrected chi connectivity index (χ4v) is 11.8. The van der Waals surface area contributed by atoms with Crippen LogP contribution >= 0.6 is 0 Å². The molecule has 0 saturated heterocycles. The minimum atomic E-state index is -5.99. The summed E-state index contributed by atoms with van der Waals surface area (Å²) in [6.07, 6.45) is 38.8. The molecule has 0 unspecified atom stereocenters. The Kier molecular flexibility index (Phi) is 32.7. The highest BCUT2D eigenvalue weighted by Gasteiger charge is 2.50. The molecule has 0 heterocycles. The van der Waals surface area contributed by atoms with Gasteiger partial charge in [-0.15, -0.1) is 16.4 Å². The Labute approximate surface area is 502 Å². The molecule has 5 aromatic carbocycles. The van der Waals surface area contributed by atoms with Gasteiger partial charge in [-0.1, -0.05) is 212 Å². The predicted octanol–water partition coefficient (Wildman–Crippen LogP) is 18.5. The topological polar surface area (TPSA) is 67.8 Å². The van der Waals surface area contributed by atoms with Crippen molar-refractivity contribution in [3.05, 3.63) is 146 Å². The Hall–Kier alpha value is -5.73. The average molecular weight is 1250 g/mol. The van der Waals surface area contributed by atoms with Crippen LogP contribution in [0.2, 0.25) is 0 Å². The fraction of sp³-hybridized carbons (Fsp3) is 0.545. The minimum absolute atomic E-state index is 0.184. The minimum Gasteiger partial charge on any atom is -0.511 e. The molecule has 0 spiro atoms. The first kappa shape index (κ1) is 73.7. The van der Waals surface area contributed by atoms with E-state index in [0.29, 0.717) is 12.1 Å². The van der Waals surface area contributed by atoms with Crippen LogP contribution in [-0.4, -0.2) is 29.3 Å². The molecule has 0 atom stereocenters. The molecule has 5 rings (SSSR count). The molecule has 0 bridgehead atoms. The highest BCUT2D eigenvalue weighted by atomic mass is 19.2. The van der Waals surface area contributed by atoms with Gasteiger partial charge in [0.05, 0.1) is 23.8 Å². The number of benzene rings is 5. The number of non-ortho nitro benzene ring substituents is 1. The highest BCUT2D eigenvalue weighted by Crippen LogP contribution is 2.30. The standard InChI is InChI=1S/C42H78N2O2.C24H5BF15O/c1-3-5-7-9-11-13-15-17-19-21-23-25-27-29-31-33-39-43(41-35-37-42(38-36-41)44(45)46)40-34-32-30-28-26-24-22-20-18-16-14-12-10-8-6-4-2;26-10-7(11(27)17(33)22(38)16(10)32)25(5-3-1-2-4-6(5)41,8-12(28)18(34)23(39)19(35)13(8)29)9-14(30)20(36)24(40)21(37)15(9)31/h35-38H,3-34,39-40H2,1-2H3;1-4,41H/q;-1/p+1. The first-order valence-electron chi connectivity index (χ1n) is 31.3. The molecule has 87 heavy (non-hydrogen) atoms. The number of halogens is 15. The zero-order chi connectivity index (χ0) is 64.1. The van der Waals surface area contributed by atoms with Crippen molar-refractivity contribution in [2.45, 2.75) is 219 Å². The maximum absolute atomic E-state index is 15.4. The number of rotatable bonds is 40. The molecular formula is C66H84BF15N2O3. The lowest BCUT2D eigenvalue weighted by Crippen LogP contribution is -3.07. The molecule has 0 aliphatic heterocycles. The van der Waals surface area contributed by atoms with E-state index in [0.717, 1.165) is 19.2 Å². The number of hydrogen-bond donors (Lipinski definition) is 2. The van der Waals surface area contributed by atoms with Crippen molar-refractivity contribution in [2.75, 3.05) is 13.1 Å². The summed E-state index contributed by atoms with van der Waals surface area (Å²) < 4.78 is 221. The van der Waals surface area contributed by atoms with Gasteiger partial charge in [0.25, 0.3) is 5.69 Å². The van der Waals surface area contributed by atoms with Crippen molar-refractivity contribution in [3.8, 4) is 5.75 Å². The van der Waals surface area contributed by atoms with Crippen LogP contribution in [-0.2, 0) is 0 Å². The van der Waals surface area contributed by atoms with Gasteiger partial charge in [-0.05, 0) is 31.7 Å². The number of hydrogen-bond acceptors (Lipinski definition) is 3. The number of phenols is 1. The first-order chi connectivity index (χ1) is 41.7. The van der Waals surface area contributed by atoms with Gasteiger partial charge in [0.15, 0.2) is 52.4 Å². The Morgan fingerprint density at radius 2 is 0.575 bits per heavy atom. The van der Waals surface area contributed by atoms with Crippen LogP contribution in [0.1, 0.15) is 219 Å². The summed E-state index contributed by atoms with van der Waals surface area (Å²) in [6.45, 7) is 6.88. The van der Waals surface area contributed by atoms with Gasteiger partial charge in [-0.3, -0.25) is 10.1 Å². The zero-order valence-electron chi connectivity index (χ0n) is 50.1. The van der Waals surface area contributed by atoms with E-state index in [4.69, 9.17) is 0 Å². The van der Waals surface area contributed by atoms with Crippen LogP contribution in [0.25, 0.3) is 0 Å². The second kappa shape index (κ2) is 38.6. The Morgan fingerprint density at radius 1 is 0.345 bits per heavy atom. The van der Waals surface area contributed by atoms with Gasteiger partial charge < -0.3 is 10.0 Å². The van der Waals surface area contributed by atoms with Gasteiger partial charge in [0.1, 0.15) is 46.7 Å². The quantitative estimate of drug-likeness (QED) is 0.00781. The molecule has 0 aliphatic carbocycles. The fourth-order valence-electron chi connectivity index (χ4n) is 11.8. The first-order valence-corrected chi connectivity index (χ1v) is 31.3. The molecular weight excluding hydrogens is 1160 g/mol. The Morgan fingerprint density at radius 3 is 0.816 bits per heavy atom. The molecule has 0 radical (unpaired) electrons. The van der Waals surface area contributed by atoms with Crippen molar-refractivity contribution in [1.29, 1.82) is 0 Å². The third-order valence-corrected chi connectivity index (χ3v) is 16.6. The largest absolute Gasteiger partial charge is 0.511 e. The number of unbranched alkanes of at least 4 members (excludes halogenated alkanes) is 30. The molecule has 0 saturated carbocycles. The number of quaternary nitrogens is 1. The van der Waals surface area contributed by atoms with Crippen LogP contribution in [0.3, 0.4) is 0 Å². The second-order valence-corrected chi connectivity index (χ2v) is 22.9. The molecule has 5 nitrogen and oxygen atoms in total. The maximum Gasteiger partial charge on any atom is 0.269 e. The summed E-state index contributed by atoms with van der Waals surface area (Å²) in [5.41, 5.74) is -8.83. The van der Waals surface area contributed by atoms with Crippen molar-refractivity contribution in [2.24, 2.45) is 0 Å². The number of nitro benzene ring substituents is 1. The van der Waals surface area contributed by atoms with E-state index in [1.54, 1.807) is 12.1 Å². The van der Waals surface area contributed by atoms with E-state index in [9.17, 15) is 54.7 Å². The van der Waals surface area contributed by atoms with E-state index in [-0.39, 0.29) is 16.7 Å². The van der Waals surface area contributed by atoms with Crippen LogP contribution in [0.4, 0.5) is 77.2 Å². The van der Waals surface area contributed by atoms with Gasteiger partial charge in [0, 0.05) is 24.3 Å². The number of nitrogens with zero attached hydrogens (tertiary/aromatic N) is 1. The molecule has 5 aromatic rings. The normalized spacial score (nSPS) is 11.7. The number of nitrogens with one attached hydrogen (secondary N) is 1. The molecule has 484 valence electrons. The summed E-state index contributed by atoms with van der Waals surface area (Å²) >= 11 is 0. The smallest absolute Gasteiger partial charge is 0.269 e. The number of nitro groups is 1. The van der Waals surface area contributed by atoms with Crippen LogP contribution in [0.5, 0.6) is 5.75 Å². The summed E-state index contributed by atoms with van der Waals surface area (Å²) in [5.74, 6) is -48.4. The van der Waals surface area contributed by atoms with Crippen molar-refractivity contribution >= 4 is 39.4 Å². The number of aromatic hydroxyl groups is 1. The van der Waals surface area contributed by atoms with Gasteiger partial charge >= 0.3 is 0 Å². The van der Waals surface area contributed by atoms with Crippen molar-refractivity contribution in [3.63, 3.8) is 0 Å². The predicted molar refractivity (Wildman–Crippen MR) is 314 cm³/mol. The third-order valence-electron chi connectivity index (χ3n) is 16.6. The summed E-state index contributed by atoms with van der Waals surface area (Å²) in [6, 6.07) is 9.29. The Bertz CT molecular complexity index is 2620. The number of para-hydroxylation sites is 1. The van der Waals surface area contributed by atoms with E-state index in [1.165, 1.54) is 216 Å². The Balaban J connectivity index is 0.000000374. The monoisotopic (exact) mass is 1250 g/mol. The maximum atomic E-state index is 15.4. The lowest BCUT2D eigenvalue weighted by Gasteiger charge is -2.44. The van der Waals surface area contributed by atoms with Gasteiger partial charge in [-0.2, -0.15) is 5.46 Å². The molecule has 0 amide bonds. The van der Waals surface area contributed by atoms with E-state index < -0.39 is 121 Å². The van der Waals surface area contributed by atoms with Crippen molar-refractivity contribution < 1.29 is 80.8 Å². The van der Waals surface area contributed by atoms with Gasteiger partial charge in [0.2, 0.25) is 0 Å². The van der Waals surface area contributed by atoms with Crippen LogP contribution in [0.15, 0.2) is 48.5 Å². The highest BCUT2D eigenvalue weighted by molar-refractivity contribution is 7.20. The van der Waals surface area contributed by atoms with Crippen LogP contribution < -0.4 is 26.8 Å². The van der Waals surface area contributed by atoms with Gasteiger partial charge in [-0.25, -0.2) is 65.9 Å². The summed E-state index contributed by atoms with van der Waals surface area (Å²) in [7, 11) is 0. The summed E-state index contributed by atoms with van der Waals surface area (Å²) in [4.78, 5) is 12.4. The lowest BCUT2D eigenvalue weighted by molar-refractivity contribution is -0.833. The van der Waals surface area contributed by atoms with Crippen LogP contribution in [0, 0.1) is 97.4 Å². The molecule has 21 heteroatoms. The van der Waals surface area contributed by atoms with E-state index >= 15 is 26.3 Å². The average Bonchev–Trinajstić information content (AvgIpc) is 0.720. The summed E-state index contributed by atoms with van der Waals surface area (Å²) in [5, 5.41) is 21.6.